The van der Waals surface area contributed by atoms with E-state index >= 15 is 0 Å². The molecule has 0 bridgehead atoms. The van der Waals surface area contributed by atoms with Gasteiger partial charge in [-0.25, -0.2) is 0 Å². The van der Waals surface area contributed by atoms with E-state index in [1.165, 1.54) is 0 Å². The fourth-order valence-corrected chi connectivity index (χ4v) is 2.79. The van der Waals surface area contributed by atoms with Gasteiger partial charge in [0, 0.05) is 9.68 Å². The van der Waals surface area contributed by atoms with E-state index in [1.54, 1.807) is 19.2 Å². The number of benzene rings is 3. The number of hydrogen-bond acceptors (Lipinski definition) is 0. The number of aryl methyl sites for hydroxylation is 1. The Morgan fingerprint density at radius 2 is 1.48 bits per heavy atom. The third-order valence-electron chi connectivity index (χ3n) is 3.84. The lowest BCUT2D eigenvalue weighted by Crippen LogP contribution is -1.86. The molecule has 0 saturated heterocycles. The molecule has 0 radical (unpaired) electrons. The molecule has 0 aliphatic heterocycles. The highest BCUT2D eigenvalue weighted by Gasteiger charge is 2.06. The van der Waals surface area contributed by atoms with Crippen molar-refractivity contribution in [2.45, 2.75) is 13.8 Å². The molecule has 3 aromatic rings. The Hall–Kier alpha value is -3.29. The third-order valence-corrected chi connectivity index (χ3v) is 3.84. The summed E-state index contributed by atoms with van der Waals surface area (Å²) in [6.45, 7) is -0.371. The monoisotopic (exact) mass is 325 g/mol. The fourth-order valence-electron chi connectivity index (χ4n) is 2.79. The lowest BCUT2D eigenvalue weighted by molar-refractivity contribution is 1.44. The van der Waals surface area contributed by atoms with Crippen LogP contribution in [0.15, 0.2) is 66.7 Å². The van der Waals surface area contributed by atoms with Gasteiger partial charge in [-0.15, -0.1) is 5.92 Å². The Bertz CT molecular complexity index is 1140. The van der Waals surface area contributed by atoms with Crippen molar-refractivity contribution in [2.75, 3.05) is 7.05 Å². The zero-order chi connectivity index (χ0) is 20.1. The highest BCUT2D eigenvalue weighted by atomic mass is 14.6. The molecule has 0 amide bonds. The van der Waals surface area contributed by atoms with Gasteiger partial charge in [0.05, 0.1) is 0 Å². The van der Waals surface area contributed by atoms with Gasteiger partial charge >= 0.3 is 6.07 Å². The second-order valence-corrected chi connectivity index (χ2v) is 5.67. The lowest BCUT2D eigenvalue weighted by atomic mass is 9.96. The summed E-state index contributed by atoms with van der Waals surface area (Å²) in [6, 6.07) is 24.2. The van der Waals surface area contributed by atoms with Crippen molar-refractivity contribution >= 4 is 0 Å². The van der Waals surface area contributed by atoms with E-state index in [-0.39, 0.29) is 5.56 Å². The van der Waals surface area contributed by atoms with Gasteiger partial charge in [-0.05, 0) is 71.9 Å². The minimum absolute atomic E-state index is 0.279. The van der Waals surface area contributed by atoms with Crippen LogP contribution in [-0.4, -0.2) is 7.05 Å². The maximum Gasteiger partial charge on any atom is 0.310 e. The topological polar surface area (TPSA) is 4.36 Å². The molecular weight excluding hydrogens is 302 g/mol. The van der Waals surface area contributed by atoms with Crippen LogP contribution in [-0.2, 0) is 0 Å². The predicted octanol–water partition coefficient (Wildman–Crippen LogP) is 6.01. The van der Waals surface area contributed by atoms with Crippen molar-refractivity contribution in [1.82, 2.24) is 0 Å². The molecule has 25 heavy (non-hydrogen) atoms. The molecule has 0 saturated carbocycles. The molecule has 0 aliphatic rings. The molecule has 3 rings (SSSR count). The normalized spacial score (nSPS) is 11.8. The Morgan fingerprint density at radius 3 is 2.20 bits per heavy atom. The van der Waals surface area contributed by atoms with Crippen LogP contribution >= 0.6 is 0 Å². The van der Waals surface area contributed by atoms with E-state index in [2.05, 4.69) is 34.9 Å². The zero-order valence-electron chi connectivity index (χ0n) is 17.3. The van der Waals surface area contributed by atoms with Gasteiger partial charge in [0.25, 0.3) is 7.05 Å². The molecule has 0 aromatic heterocycles. The summed E-state index contributed by atoms with van der Waals surface area (Å²) in [6.07, 6.45) is 0. The molecule has 0 heterocycles. The van der Waals surface area contributed by atoms with Gasteiger partial charge in [0.15, 0.2) is 0 Å². The van der Waals surface area contributed by atoms with Gasteiger partial charge in [-0.2, -0.15) is 0 Å². The minimum atomic E-state index is -2.19. The largest absolute Gasteiger partial charge is 0.310 e. The van der Waals surface area contributed by atoms with E-state index in [4.69, 9.17) is 4.11 Å². The maximum atomic E-state index is 7.76. The second-order valence-electron chi connectivity index (χ2n) is 5.67. The molecule has 0 atom stereocenters. The summed E-state index contributed by atoms with van der Waals surface area (Å²) < 4.78 is 23.3. The van der Waals surface area contributed by atoms with Crippen molar-refractivity contribution in [2.24, 2.45) is 0 Å². The maximum absolute atomic E-state index is 7.76. The second kappa shape index (κ2) is 7.52. The lowest BCUT2D eigenvalue weighted by Gasteiger charge is -2.08. The molecule has 0 unspecified atom stereocenters. The third kappa shape index (κ3) is 3.97. The number of rotatable bonds is 2. The van der Waals surface area contributed by atoms with Gasteiger partial charge < -0.3 is 0 Å². The quantitative estimate of drug-likeness (QED) is 0.508. The molecule has 0 fully saturated rings. The molecule has 0 spiro atoms. The van der Waals surface area contributed by atoms with Gasteiger partial charge in [-0.1, -0.05) is 47.2 Å². The zero-order valence-corrected chi connectivity index (χ0v) is 14.3. The first-order valence-corrected chi connectivity index (χ1v) is 8.05. The molecule has 3 aromatic carbocycles. The standard InChI is InChI=1S/C24H20N/c1-4-7-19-8-5-9-21(14-19)22-10-6-11-23(16-22)24-13-18(2)12-20(15-24)17-25-3/h5-6,8-16H,1-3H3/q+1/i2D3. The predicted molar refractivity (Wildman–Crippen MR) is 107 cm³/mol. The summed E-state index contributed by atoms with van der Waals surface area (Å²) in [5.41, 5.74) is 5.77. The smallest absolute Gasteiger partial charge is 0.101 e. The average Bonchev–Trinajstić information content (AvgIpc) is 2.68. The van der Waals surface area contributed by atoms with E-state index in [1.807, 2.05) is 49.4 Å². The van der Waals surface area contributed by atoms with Crippen LogP contribution in [0, 0.1) is 24.8 Å². The molecule has 0 aliphatic carbocycles. The first-order valence-electron chi connectivity index (χ1n) is 9.55. The van der Waals surface area contributed by atoms with Crippen LogP contribution in [0.4, 0.5) is 0 Å². The van der Waals surface area contributed by atoms with Crippen molar-refractivity contribution in [1.29, 1.82) is 0 Å². The molecule has 1 heteroatoms. The Balaban J connectivity index is 2.11. The van der Waals surface area contributed by atoms with Crippen LogP contribution in [0.5, 0.6) is 0 Å². The van der Waals surface area contributed by atoms with Crippen LogP contribution in [0.1, 0.15) is 27.7 Å². The summed E-state index contributed by atoms with van der Waals surface area (Å²) >= 11 is 0. The van der Waals surface area contributed by atoms with Crippen molar-refractivity contribution in [3.05, 3.63) is 88.3 Å². The van der Waals surface area contributed by atoms with Crippen molar-refractivity contribution in [3.63, 3.8) is 0 Å². The van der Waals surface area contributed by atoms with Gasteiger partial charge in [0.2, 0.25) is 0 Å². The fraction of sp³-hybridized carbons (Fsp3) is 0.125. The first kappa shape index (κ1) is 13.1. The van der Waals surface area contributed by atoms with Crippen LogP contribution < -0.4 is 0 Å². The Labute approximate surface area is 154 Å². The average molecular weight is 325 g/mol. The molecule has 0 N–H and O–H groups in total. The summed E-state index contributed by atoms with van der Waals surface area (Å²) in [4.78, 5) is 3.91. The van der Waals surface area contributed by atoms with Gasteiger partial charge in [0.1, 0.15) is 5.56 Å². The first-order chi connectivity index (χ1) is 13.4. The summed E-state index contributed by atoms with van der Waals surface area (Å²) in [5, 5.41) is 0. The van der Waals surface area contributed by atoms with Crippen LogP contribution in [0.25, 0.3) is 27.1 Å². The van der Waals surface area contributed by atoms with E-state index in [0.29, 0.717) is 5.56 Å². The minimum Gasteiger partial charge on any atom is -0.101 e. The summed E-state index contributed by atoms with van der Waals surface area (Å²) in [5.74, 6) is 6.00. The number of hydrogen-bond donors (Lipinski definition) is 0. The molecule has 120 valence electrons. The molecule has 1 nitrogen and oxygen atoms in total. The molecular formula is C24H20N+. The van der Waals surface area contributed by atoms with E-state index < -0.39 is 6.85 Å². The Kier molecular flexibility index (Phi) is 3.93. The van der Waals surface area contributed by atoms with Crippen LogP contribution in [0.3, 0.4) is 0 Å². The Morgan fingerprint density at radius 1 is 0.800 bits per heavy atom. The van der Waals surface area contributed by atoms with Crippen molar-refractivity contribution in [3.8, 4) is 40.2 Å². The highest BCUT2D eigenvalue weighted by molar-refractivity contribution is 5.74. The SMILES string of the molecule is [2H]C([2H])([2H])c1cc(C#[N+]C)cc(-c2cccc(-c3cccc(C#CC)c3)c2)c1. The van der Waals surface area contributed by atoms with Crippen molar-refractivity contribution < 1.29 is 4.11 Å². The van der Waals surface area contributed by atoms with Crippen LogP contribution in [0.2, 0.25) is 0 Å². The summed E-state index contributed by atoms with van der Waals surface area (Å²) in [7, 11) is 1.62. The highest BCUT2D eigenvalue weighted by Crippen LogP contribution is 2.28. The number of nitrogens with zero attached hydrogens (tertiary/aromatic N) is 1. The van der Waals surface area contributed by atoms with E-state index in [9.17, 15) is 0 Å². The van der Waals surface area contributed by atoms with Gasteiger partial charge in [-0.3, -0.25) is 0 Å². The van der Waals surface area contributed by atoms with E-state index in [0.717, 1.165) is 27.8 Å².